The number of hydrogen-bond acceptors (Lipinski definition) is 0. The molecule has 0 bridgehead atoms. The minimum absolute atomic E-state index is 0.0327. The van der Waals surface area contributed by atoms with E-state index in [0.29, 0.717) is 0 Å². The van der Waals surface area contributed by atoms with Crippen molar-refractivity contribution in [3.05, 3.63) is 23.3 Å². The zero-order valence-corrected chi connectivity index (χ0v) is 7.46. The summed E-state index contributed by atoms with van der Waals surface area (Å²) in [6.45, 7) is 8.11. The predicted octanol–water partition coefficient (Wildman–Crippen LogP) is 2.76. The van der Waals surface area contributed by atoms with E-state index in [1.807, 2.05) is 6.92 Å². The van der Waals surface area contributed by atoms with Gasteiger partial charge in [0.2, 0.25) is 0 Å². The van der Waals surface area contributed by atoms with Crippen LogP contribution in [-0.2, 0) is 5.41 Å². The van der Waals surface area contributed by atoms with E-state index < -0.39 is 0 Å². The van der Waals surface area contributed by atoms with Gasteiger partial charge in [-0.2, -0.15) is 4.39 Å². The molecule has 1 rings (SSSR count). The summed E-state index contributed by atoms with van der Waals surface area (Å²) in [4.78, 5) is 2.65. The first-order chi connectivity index (χ1) is 4.91. The van der Waals surface area contributed by atoms with Gasteiger partial charge in [-0.05, 0) is 24.0 Å². The fourth-order valence-corrected chi connectivity index (χ4v) is 1.30. The molecule has 0 spiro atoms. The van der Waals surface area contributed by atoms with Crippen molar-refractivity contribution in [1.82, 2.24) is 4.98 Å². The molecule has 0 fully saturated rings. The maximum Gasteiger partial charge on any atom is 0.191 e. The summed E-state index contributed by atoms with van der Waals surface area (Å²) in [5.74, 6) is -0.243. The summed E-state index contributed by atoms with van der Waals surface area (Å²) in [7, 11) is 0. The van der Waals surface area contributed by atoms with Crippen LogP contribution in [0.4, 0.5) is 4.39 Å². The zero-order chi connectivity index (χ0) is 8.65. The van der Waals surface area contributed by atoms with Gasteiger partial charge in [0.15, 0.2) is 5.95 Å². The molecule has 11 heavy (non-hydrogen) atoms. The van der Waals surface area contributed by atoms with Gasteiger partial charge >= 0.3 is 0 Å². The quantitative estimate of drug-likeness (QED) is 0.593. The maximum absolute atomic E-state index is 12.7. The van der Waals surface area contributed by atoms with Crippen molar-refractivity contribution in [1.29, 1.82) is 0 Å². The second-order valence-electron chi connectivity index (χ2n) is 3.91. The van der Waals surface area contributed by atoms with E-state index in [1.165, 1.54) is 0 Å². The average Bonchev–Trinajstić information content (AvgIpc) is 2.08. The number of rotatable bonds is 0. The largest absolute Gasteiger partial charge is 0.336 e. The Morgan fingerprint density at radius 3 is 2.09 bits per heavy atom. The lowest BCUT2D eigenvalue weighted by molar-refractivity contribution is 0.578. The SMILES string of the molecule is Cc1[nH]c(F)cc1C(C)(C)C. The Morgan fingerprint density at radius 1 is 1.36 bits per heavy atom. The predicted molar refractivity (Wildman–Crippen MR) is 44.2 cm³/mol. The maximum atomic E-state index is 12.7. The summed E-state index contributed by atoms with van der Waals surface area (Å²) in [6, 6.07) is 1.56. The first kappa shape index (κ1) is 8.31. The minimum Gasteiger partial charge on any atom is -0.336 e. The fraction of sp³-hybridized carbons (Fsp3) is 0.556. The Balaban J connectivity index is 3.13. The molecular weight excluding hydrogens is 141 g/mol. The Labute approximate surface area is 66.6 Å². The first-order valence-electron chi connectivity index (χ1n) is 3.77. The third-order valence-electron chi connectivity index (χ3n) is 1.79. The molecule has 0 saturated heterocycles. The number of aryl methyl sites for hydroxylation is 1. The van der Waals surface area contributed by atoms with Gasteiger partial charge in [0, 0.05) is 5.69 Å². The van der Waals surface area contributed by atoms with E-state index in [9.17, 15) is 4.39 Å². The summed E-state index contributed by atoms with van der Waals surface area (Å²) < 4.78 is 12.7. The molecule has 0 unspecified atom stereocenters. The second-order valence-corrected chi connectivity index (χ2v) is 3.91. The number of halogens is 1. The molecule has 0 radical (unpaired) electrons. The highest BCUT2D eigenvalue weighted by atomic mass is 19.1. The van der Waals surface area contributed by atoms with Gasteiger partial charge in [-0.3, -0.25) is 0 Å². The van der Waals surface area contributed by atoms with Crippen molar-refractivity contribution in [2.45, 2.75) is 33.1 Å². The number of aromatic amines is 1. The van der Waals surface area contributed by atoms with E-state index in [-0.39, 0.29) is 11.4 Å². The van der Waals surface area contributed by atoms with Gasteiger partial charge in [0.05, 0.1) is 0 Å². The number of aromatic nitrogens is 1. The molecule has 62 valence electrons. The van der Waals surface area contributed by atoms with Crippen LogP contribution in [0.25, 0.3) is 0 Å². The molecule has 0 aliphatic heterocycles. The minimum atomic E-state index is -0.243. The average molecular weight is 155 g/mol. The molecule has 2 heteroatoms. The molecular formula is C9H14FN. The van der Waals surface area contributed by atoms with E-state index in [4.69, 9.17) is 0 Å². The van der Waals surface area contributed by atoms with Crippen LogP contribution in [-0.4, -0.2) is 4.98 Å². The summed E-state index contributed by atoms with van der Waals surface area (Å²) >= 11 is 0. The van der Waals surface area contributed by atoms with Crippen LogP contribution in [0.2, 0.25) is 0 Å². The molecule has 1 N–H and O–H groups in total. The van der Waals surface area contributed by atoms with Crippen molar-refractivity contribution in [3.8, 4) is 0 Å². The normalized spacial score (nSPS) is 12.1. The smallest absolute Gasteiger partial charge is 0.191 e. The molecule has 0 aliphatic carbocycles. The molecule has 0 amide bonds. The summed E-state index contributed by atoms with van der Waals surface area (Å²) in [5, 5.41) is 0. The second kappa shape index (κ2) is 2.36. The van der Waals surface area contributed by atoms with Crippen molar-refractivity contribution >= 4 is 0 Å². The van der Waals surface area contributed by atoms with E-state index >= 15 is 0 Å². The van der Waals surface area contributed by atoms with Gasteiger partial charge in [-0.1, -0.05) is 20.8 Å². The van der Waals surface area contributed by atoms with Gasteiger partial charge in [0.1, 0.15) is 0 Å². The molecule has 0 aromatic carbocycles. The van der Waals surface area contributed by atoms with E-state index in [1.54, 1.807) is 6.07 Å². The molecule has 0 aliphatic rings. The fourth-order valence-electron chi connectivity index (χ4n) is 1.30. The third kappa shape index (κ3) is 1.62. The Morgan fingerprint density at radius 2 is 1.91 bits per heavy atom. The number of H-pyrrole nitrogens is 1. The molecule has 1 aromatic heterocycles. The number of hydrogen-bond donors (Lipinski definition) is 1. The van der Waals surface area contributed by atoms with E-state index in [2.05, 4.69) is 25.8 Å². The Bertz CT molecular complexity index is 255. The van der Waals surface area contributed by atoms with Gasteiger partial charge in [-0.25, -0.2) is 0 Å². The van der Waals surface area contributed by atoms with Crippen LogP contribution in [0.15, 0.2) is 6.07 Å². The van der Waals surface area contributed by atoms with Crippen LogP contribution in [0.3, 0.4) is 0 Å². The van der Waals surface area contributed by atoms with Crippen LogP contribution < -0.4 is 0 Å². The molecule has 1 heterocycles. The lowest BCUT2D eigenvalue weighted by atomic mass is 9.87. The molecule has 0 atom stereocenters. The Kier molecular flexibility index (Phi) is 1.78. The third-order valence-corrected chi connectivity index (χ3v) is 1.79. The highest BCUT2D eigenvalue weighted by Crippen LogP contribution is 2.25. The lowest BCUT2D eigenvalue weighted by Gasteiger charge is -2.17. The monoisotopic (exact) mass is 155 g/mol. The number of nitrogens with one attached hydrogen (secondary N) is 1. The van der Waals surface area contributed by atoms with Crippen molar-refractivity contribution in [2.24, 2.45) is 0 Å². The zero-order valence-electron chi connectivity index (χ0n) is 7.46. The van der Waals surface area contributed by atoms with Gasteiger partial charge < -0.3 is 4.98 Å². The van der Waals surface area contributed by atoms with Crippen molar-refractivity contribution in [2.75, 3.05) is 0 Å². The van der Waals surface area contributed by atoms with Crippen LogP contribution in [0, 0.1) is 12.9 Å². The van der Waals surface area contributed by atoms with Crippen molar-refractivity contribution in [3.63, 3.8) is 0 Å². The van der Waals surface area contributed by atoms with Crippen LogP contribution in [0.5, 0.6) is 0 Å². The first-order valence-corrected chi connectivity index (χ1v) is 3.77. The Hall–Kier alpha value is -0.790. The highest BCUT2D eigenvalue weighted by Gasteiger charge is 2.18. The topological polar surface area (TPSA) is 15.8 Å². The van der Waals surface area contributed by atoms with Crippen molar-refractivity contribution < 1.29 is 4.39 Å². The molecule has 1 nitrogen and oxygen atoms in total. The summed E-state index contributed by atoms with van der Waals surface area (Å²) in [5.41, 5.74) is 2.01. The van der Waals surface area contributed by atoms with E-state index in [0.717, 1.165) is 11.3 Å². The van der Waals surface area contributed by atoms with Crippen LogP contribution in [0.1, 0.15) is 32.0 Å². The highest BCUT2D eigenvalue weighted by molar-refractivity contribution is 5.27. The van der Waals surface area contributed by atoms with Gasteiger partial charge in [-0.15, -0.1) is 0 Å². The molecule has 1 aromatic rings. The lowest BCUT2D eigenvalue weighted by Crippen LogP contribution is -2.11. The molecule has 0 saturated carbocycles. The van der Waals surface area contributed by atoms with Crippen LogP contribution >= 0.6 is 0 Å². The standard InChI is InChI=1S/C9H14FN/c1-6-7(9(2,3)4)5-8(10)11-6/h5,11H,1-4H3. The summed E-state index contributed by atoms with van der Waals surface area (Å²) in [6.07, 6.45) is 0. The van der Waals surface area contributed by atoms with Gasteiger partial charge in [0.25, 0.3) is 0 Å².